The first-order valence-corrected chi connectivity index (χ1v) is 10.0. The van der Waals surface area contributed by atoms with Crippen LogP contribution in [0.2, 0.25) is 0 Å². The summed E-state index contributed by atoms with van der Waals surface area (Å²) in [4.78, 5) is 24.0. The van der Waals surface area contributed by atoms with Gasteiger partial charge in [-0.05, 0) is 32.3 Å². The molecule has 0 unspecified atom stereocenters. The van der Waals surface area contributed by atoms with Crippen LogP contribution in [0.25, 0.3) is 0 Å². The van der Waals surface area contributed by atoms with Gasteiger partial charge in [-0.3, -0.25) is 4.18 Å². The smallest absolute Gasteiger partial charge is 0.408 e. The third-order valence-electron chi connectivity index (χ3n) is 3.08. The molecular weight excluding hydrogens is 362 g/mol. The Bertz CT molecular complexity index is 674. The molecule has 1 atom stereocenters. The zero-order valence-electron chi connectivity index (χ0n) is 15.1. The zero-order valence-corrected chi connectivity index (χ0v) is 16.0. The van der Waals surface area contributed by atoms with Gasteiger partial charge in [-0.2, -0.15) is 8.42 Å². The lowest BCUT2D eigenvalue weighted by atomic mass is 10.1. The largest absolute Gasteiger partial charge is 0.461 e. The highest BCUT2D eigenvalue weighted by molar-refractivity contribution is 7.85. The predicted octanol–water partition coefficient (Wildman–Crippen LogP) is 1.99. The van der Waals surface area contributed by atoms with Gasteiger partial charge >= 0.3 is 12.1 Å². The third-order valence-corrected chi connectivity index (χ3v) is 3.67. The molecule has 0 saturated carbocycles. The van der Waals surface area contributed by atoms with E-state index in [0.29, 0.717) is 0 Å². The fourth-order valence-electron chi connectivity index (χ4n) is 1.97. The van der Waals surface area contributed by atoms with Crippen LogP contribution in [-0.2, 0) is 35.2 Å². The lowest BCUT2D eigenvalue weighted by Gasteiger charge is -2.19. The van der Waals surface area contributed by atoms with E-state index >= 15 is 0 Å². The van der Waals surface area contributed by atoms with E-state index in [1.807, 2.05) is 18.2 Å². The molecule has 1 rings (SSSR count). The van der Waals surface area contributed by atoms with Gasteiger partial charge in [-0.15, -0.1) is 0 Å². The van der Waals surface area contributed by atoms with Crippen LogP contribution < -0.4 is 5.32 Å². The van der Waals surface area contributed by atoms with Crippen LogP contribution in [0, 0.1) is 0 Å². The standard InChI is InChI=1S/C17H25NO7S/c1-13(2)25-16(19)15(10-7-11-24-26(3,21)22)18-17(20)23-12-14-8-5-4-6-9-14/h4-6,8-9,13,15H,7,10-12H2,1-3H3,(H,18,20)/t15-/m1/s1. The minimum Gasteiger partial charge on any atom is -0.461 e. The highest BCUT2D eigenvalue weighted by atomic mass is 32.2. The summed E-state index contributed by atoms with van der Waals surface area (Å²) in [7, 11) is -3.55. The highest BCUT2D eigenvalue weighted by Gasteiger charge is 2.23. The molecule has 0 aromatic heterocycles. The molecule has 0 aliphatic heterocycles. The number of nitrogens with one attached hydrogen (secondary N) is 1. The van der Waals surface area contributed by atoms with Gasteiger partial charge in [0, 0.05) is 0 Å². The molecular formula is C17H25NO7S. The van der Waals surface area contributed by atoms with Gasteiger partial charge in [-0.25, -0.2) is 9.59 Å². The number of amides is 1. The maximum atomic E-state index is 12.1. The van der Waals surface area contributed by atoms with Crippen molar-refractivity contribution in [3.63, 3.8) is 0 Å². The van der Waals surface area contributed by atoms with Crippen molar-refractivity contribution in [3.05, 3.63) is 35.9 Å². The second kappa shape index (κ2) is 10.8. The van der Waals surface area contributed by atoms with Crippen LogP contribution >= 0.6 is 0 Å². The molecule has 1 N–H and O–H groups in total. The van der Waals surface area contributed by atoms with E-state index < -0.39 is 28.2 Å². The van der Waals surface area contributed by atoms with Crippen LogP contribution in [-0.4, -0.2) is 45.5 Å². The van der Waals surface area contributed by atoms with E-state index in [-0.39, 0.29) is 32.2 Å². The summed E-state index contributed by atoms with van der Waals surface area (Å²) in [6.07, 6.45) is 0.227. The Morgan fingerprint density at radius 3 is 2.38 bits per heavy atom. The lowest BCUT2D eigenvalue weighted by molar-refractivity contribution is -0.150. The quantitative estimate of drug-likeness (QED) is 0.371. The number of esters is 1. The summed E-state index contributed by atoms with van der Waals surface area (Å²) in [6.45, 7) is 3.35. The van der Waals surface area contributed by atoms with Gasteiger partial charge in [0.25, 0.3) is 10.1 Å². The number of hydrogen-bond acceptors (Lipinski definition) is 7. The molecule has 1 amide bonds. The molecule has 8 nitrogen and oxygen atoms in total. The molecule has 0 saturated heterocycles. The van der Waals surface area contributed by atoms with Gasteiger partial charge in [0.05, 0.1) is 19.0 Å². The maximum absolute atomic E-state index is 12.1. The first-order chi connectivity index (χ1) is 12.2. The van der Waals surface area contributed by atoms with Crippen LogP contribution in [0.1, 0.15) is 32.3 Å². The number of carbonyl (C=O) groups excluding carboxylic acids is 2. The molecule has 146 valence electrons. The molecule has 9 heteroatoms. The van der Waals surface area contributed by atoms with Crippen molar-refractivity contribution >= 4 is 22.2 Å². The fraction of sp³-hybridized carbons (Fsp3) is 0.529. The predicted molar refractivity (Wildman–Crippen MR) is 94.8 cm³/mol. The second-order valence-corrected chi connectivity index (χ2v) is 7.56. The first-order valence-electron chi connectivity index (χ1n) is 8.19. The Hall–Kier alpha value is -2.13. The molecule has 0 aliphatic carbocycles. The molecule has 0 radical (unpaired) electrons. The normalized spacial score (nSPS) is 12.5. The number of benzene rings is 1. The molecule has 1 aromatic rings. The van der Waals surface area contributed by atoms with Crippen LogP contribution in [0.4, 0.5) is 4.79 Å². The molecule has 1 aromatic carbocycles. The maximum Gasteiger partial charge on any atom is 0.408 e. The van der Waals surface area contributed by atoms with Crippen molar-refractivity contribution in [2.24, 2.45) is 0 Å². The molecule has 26 heavy (non-hydrogen) atoms. The minimum absolute atomic E-state index is 0.0653. The third kappa shape index (κ3) is 10.00. The minimum atomic E-state index is -3.55. The Balaban J connectivity index is 2.53. The Kier molecular flexibility index (Phi) is 9.08. The number of alkyl carbamates (subject to hydrolysis) is 1. The zero-order chi connectivity index (χ0) is 19.6. The number of ether oxygens (including phenoxy) is 2. The van der Waals surface area contributed by atoms with E-state index in [9.17, 15) is 18.0 Å². The Morgan fingerprint density at radius 2 is 1.81 bits per heavy atom. The fourth-order valence-corrected chi connectivity index (χ4v) is 2.39. The molecule has 0 heterocycles. The summed E-state index contributed by atoms with van der Waals surface area (Å²) < 4.78 is 36.7. The van der Waals surface area contributed by atoms with Gasteiger partial charge in [0.2, 0.25) is 0 Å². The monoisotopic (exact) mass is 387 g/mol. The summed E-state index contributed by atoms with van der Waals surface area (Å²) in [5.74, 6) is -0.615. The highest BCUT2D eigenvalue weighted by Crippen LogP contribution is 2.06. The summed E-state index contributed by atoms with van der Waals surface area (Å²) in [6, 6.07) is 8.15. The topological polar surface area (TPSA) is 108 Å². The summed E-state index contributed by atoms with van der Waals surface area (Å²) in [5.41, 5.74) is 0.811. The van der Waals surface area contributed by atoms with E-state index in [0.717, 1.165) is 11.8 Å². The van der Waals surface area contributed by atoms with E-state index in [1.54, 1.807) is 26.0 Å². The van der Waals surface area contributed by atoms with Crippen molar-refractivity contribution < 1.29 is 31.7 Å². The number of hydrogen-bond donors (Lipinski definition) is 1. The van der Waals surface area contributed by atoms with E-state index in [1.165, 1.54) is 0 Å². The summed E-state index contributed by atoms with van der Waals surface area (Å²) >= 11 is 0. The van der Waals surface area contributed by atoms with E-state index in [2.05, 4.69) is 9.50 Å². The molecule has 0 aliphatic rings. The van der Waals surface area contributed by atoms with Crippen molar-refractivity contribution in [1.82, 2.24) is 5.32 Å². The molecule has 0 spiro atoms. The lowest BCUT2D eigenvalue weighted by Crippen LogP contribution is -2.43. The SMILES string of the molecule is CC(C)OC(=O)[C@@H](CCCOS(C)(=O)=O)NC(=O)OCc1ccccc1. The Labute approximate surface area is 153 Å². The summed E-state index contributed by atoms with van der Waals surface area (Å²) in [5, 5.41) is 2.45. The van der Waals surface area contributed by atoms with Crippen LogP contribution in [0.15, 0.2) is 30.3 Å². The average molecular weight is 387 g/mol. The second-order valence-electron chi connectivity index (χ2n) is 5.91. The molecule has 0 fully saturated rings. The van der Waals surface area contributed by atoms with E-state index in [4.69, 9.17) is 9.47 Å². The number of carbonyl (C=O) groups is 2. The van der Waals surface area contributed by atoms with Crippen molar-refractivity contribution in [2.75, 3.05) is 12.9 Å². The number of rotatable bonds is 10. The van der Waals surface area contributed by atoms with Gasteiger partial charge in [0.15, 0.2) is 0 Å². The van der Waals surface area contributed by atoms with Crippen molar-refractivity contribution in [2.45, 2.75) is 45.4 Å². The van der Waals surface area contributed by atoms with Crippen LogP contribution in [0.5, 0.6) is 0 Å². The van der Waals surface area contributed by atoms with Crippen molar-refractivity contribution in [3.8, 4) is 0 Å². The average Bonchev–Trinajstić information content (AvgIpc) is 2.55. The Morgan fingerprint density at radius 1 is 1.15 bits per heavy atom. The van der Waals surface area contributed by atoms with Gasteiger partial charge in [-0.1, -0.05) is 30.3 Å². The van der Waals surface area contributed by atoms with Gasteiger partial charge < -0.3 is 14.8 Å². The van der Waals surface area contributed by atoms with Gasteiger partial charge in [0.1, 0.15) is 12.6 Å². The molecule has 0 bridgehead atoms. The first kappa shape index (κ1) is 21.9. The van der Waals surface area contributed by atoms with Crippen LogP contribution in [0.3, 0.4) is 0 Å². The van der Waals surface area contributed by atoms with Crippen molar-refractivity contribution in [1.29, 1.82) is 0 Å².